The number of halogens is 1. The van der Waals surface area contributed by atoms with Crippen LogP contribution in [0.25, 0.3) is 0 Å². The molecule has 1 aromatic carbocycles. The van der Waals surface area contributed by atoms with Crippen LogP contribution in [0.1, 0.15) is 36.5 Å². The second kappa shape index (κ2) is 10.6. The molecule has 0 aromatic heterocycles. The lowest BCUT2D eigenvalue weighted by Crippen LogP contribution is -2.56. The van der Waals surface area contributed by atoms with E-state index in [1.807, 2.05) is 11.8 Å². The molecule has 28 heavy (non-hydrogen) atoms. The van der Waals surface area contributed by atoms with Crippen molar-refractivity contribution in [2.45, 2.75) is 38.3 Å². The lowest BCUT2D eigenvalue weighted by molar-refractivity contribution is -0.139. The minimum atomic E-state index is -0.847. The number of amides is 3. The van der Waals surface area contributed by atoms with Gasteiger partial charge in [-0.1, -0.05) is 13.0 Å². The van der Waals surface area contributed by atoms with Gasteiger partial charge in [0.1, 0.15) is 5.82 Å². The number of benzene rings is 1. The molecule has 0 saturated heterocycles. The van der Waals surface area contributed by atoms with E-state index < -0.39 is 11.8 Å². The average molecular weight is 394 g/mol. The fraction of sp³-hybridized carbons (Fsp3) is 0.526. The summed E-state index contributed by atoms with van der Waals surface area (Å²) in [5.41, 5.74) is 0.259. The summed E-state index contributed by atoms with van der Waals surface area (Å²) in [5, 5.41) is 17.1. The molecule has 0 heterocycles. The molecule has 0 bridgehead atoms. The molecule has 8 nitrogen and oxygen atoms in total. The maximum absolute atomic E-state index is 13.1. The van der Waals surface area contributed by atoms with E-state index in [1.165, 1.54) is 24.3 Å². The molecule has 154 valence electrons. The summed E-state index contributed by atoms with van der Waals surface area (Å²) in [6.45, 7) is 3.36. The van der Waals surface area contributed by atoms with Crippen molar-refractivity contribution in [1.29, 1.82) is 0 Å². The summed E-state index contributed by atoms with van der Waals surface area (Å²) in [6, 6.07) is 5.40. The molecule has 0 atom stereocenters. The van der Waals surface area contributed by atoms with E-state index in [-0.39, 0.29) is 36.1 Å². The van der Waals surface area contributed by atoms with Crippen molar-refractivity contribution in [2.24, 2.45) is 0 Å². The third kappa shape index (κ3) is 6.80. The highest BCUT2D eigenvalue weighted by molar-refractivity contribution is 5.94. The van der Waals surface area contributed by atoms with Gasteiger partial charge in [-0.2, -0.15) is 0 Å². The molecule has 0 spiro atoms. The van der Waals surface area contributed by atoms with Crippen molar-refractivity contribution in [2.75, 3.05) is 26.2 Å². The molecule has 1 aliphatic carbocycles. The smallest absolute Gasteiger partial charge is 0.317 e. The van der Waals surface area contributed by atoms with Crippen molar-refractivity contribution in [3.8, 4) is 0 Å². The predicted octanol–water partition coefficient (Wildman–Crippen LogP) is 1.18. The Hall–Kier alpha value is -2.68. The highest BCUT2D eigenvalue weighted by Gasteiger charge is 2.34. The van der Waals surface area contributed by atoms with Gasteiger partial charge in [-0.25, -0.2) is 9.18 Å². The Morgan fingerprint density at radius 1 is 1.21 bits per heavy atom. The number of carbonyl (C=O) groups excluding carboxylic acids is 2. The lowest BCUT2D eigenvalue weighted by Gasteiger charge is -2.42. The number of hydrogen-bond donors (Lipinski definition) is 4. The first-order chi connectivity index (χ1) is 13.4. The Morgan fingerprint density at radius 3 is 2.57 bits per heavy atom. The van der Waals surface area contributed by atoms with Crippen molar-refractivity contribution >= 4 is 17.9 Å². The zero-order valence-corrected chi connectivity index (χ0v) is 15.9. The molecular weight excluding hydrogens is 367 g/mol. The molecule has 4 N–H and O–H groups in total. The summed E-state index contributed by atoms with van der Waals surface area (Å²) >= 11 is 0. The largest absolute Gasteiger partial charge is 0.480 e. The number of carboxylic acids is 1. The van der Waals surface area contributed by atoms with Crippen LogP contribution in [0.3, 0.4) is 0 Å². The van der Waals surface area contributed by atoms with Gasteiger partial charge in [0.2, 0.25) is 0 Å². The number of rotatable bonds is 10. The van der Waals surface area contributed by atoms with Crippen LogP contribution in [-0.4, -0.2) is 66.2 Å². The monoisotopic (exact) mass is 394 g/mol. The Labute approximate surface area is 163 Å². The fourth-order valence-electron chi connectivity index (χ4n) is 3.14. The van der Waals surface area contributed by atoms with Gasteiger partial charge in [0, 0.05) is 30.7 Å². The molecule has 0 aliphatic heterocycles. The lowest BCUT2D eigenvalue weighted by atomic mass is 9.85. The summed E-state index contributed by atoms with van der Waals surface area (Å²) in [7, 11) is 0. The van der Waals surface area contributed by atoms with E-state index in [2.05, 4.69) is 16.0 Å². The Bertz CT molecular complexity index is 694. The number of nitrogens with one attached hydrogen (secondary N) is 3. The third-order valence-corrected chi connectivity index (χ3v) is 4.72. The number of nitrogens with zero attached hydrogens (tertiary/aromatic N) is 1. The van der Waals surface area contributed by atoms with Crippen molar-refractivity contribution in [1.82, 2.24) is 20.9 Å². The SMILES string of the molecule is CCN(CC(=O)O)C1CC(NC(=O)NCCCNC(=O)c2cccc(F)c2)C1. The van der Waals surface area contributed by atoms with Crippen LogP contribution in [0.5, 0.6) is 0 Å². The molecule has 0 unspecified atom stereocenters. The maximum atomic E-state index is 13.1. The second-order valence-corrected chi connectivity index (χ2v) is 6.80. The van der Waals surface area contributed by atoms with Gasteiger partial charge in [0.25, 0.3) is 5.91 Å². The minimum absolute atomic E-state index is 0.0153. The van der Waals surface area contributed by atoms with Crippen LogP contribution in [0.15, 0.2) is 24.3 Å². The number of carboxylic acid groups (broad SMARTS) is 1. The number of hydrogen-bond acceptors (Lipinski definition) is 4. The number of aliphatic carboxylic acids is 1. The fourth-order valence-corrected chi connectivity index (χ4v) is 3.14. The first-order valence-corrected chi connectivity index (χ1v) is 9.43. The zero-order valence-electron chi connectivity index (χ0n) is 15.9. The van der Waals surface area contributed by atoms with Gasteiger partial charge < -0.3 is 21.1 Å². The van der Waals surface area contributed by atoms with Crippen LogP contribution in [0.4, 0.5) is 9.18 Å². The van der Waals surface area contributed by atoms with Crippen LogP contribution >= 0.6 is 0 Å². The van der Waals surface area contributed by atoms with E-state index in [9.17, 15) is 18.8 Å². The number of likely N-dealkylation sites (N-methyl/N-ethyl adjacent to an activating group) is 1. The third-order valence-electron chi connectivity index (χ3n) is 4.72. The molecule has 1 aliphatic rings. The van der Waals surface area contributed by atoms with E-state index in [4.69, 9.17) is 5.11 Å². The highest BCUT2D eigenvalue weighted by atomic mass is 19.1. The van der Waals surface area contributed by atoms with Crippen molar-refractivity contribution < 1.29 is 23.9 Å². The predicted molar refractivity (Wildman–Crippen MR) is 102 cm³/mol. The topological polar surface area (TPSA) is 111 Å². The highest BCUT2D eigenvalue weighted by Crippen LogP contribution is 2.25. The molecule has 1 fully saturated rings. The standard InChI is InChI=1S/C19H27FN4O4/c1-2-24(12-17(25)26)16-10-15(11-16)23-19(28)22-8-4-7-21-18(27)13-5-3-6-14(20)9-13/h3,5-6,9,15-16H,2,4,7-8,10-12H2,1H3,(H,21,27)(H,25,26)(H2,22,23,28). The van der Waals surface area contributed by atoms with E-state index in [0.29, 0.717) is 26.1 Å². The van der Waals surface area contributed by atoms with Crippen LogP contribution in [0, 0.1) is 5.82 Å². The van der Waals surface area contributed by atoms with Gasteiger partial charge in [-0.05, 0) is 44.0 Å². The maximum Gasteiger partial charge on any atom is 0.317 e. The molecule has 0 radical (unpaired) electrons. The number of carbonyl (C=O) groups is 3. The van der Waals surface area contributed by atoms with Crippen LogP contribution in [-0.2, 0) is 4.79 Å². The summed E-state index contributed by atoms with van der Waals surface area (Å²) in [5.74, 6) is -1.67. The normalized spacial score (nSPS) is 18.2. The van der Waals surface area contributed by atoms with Gasteiger partial charge in [-0.15, -0.1) is 0 Å². The Kier molecular flexibility index (Phi) is 8.19. The van der Waals surface area contributed by atoms with Crippen molar-refractivity contribution in [3.63, 3.8) is 0 Å². The summed E-state index contributed by atoms with van der Waals surface area (Å²) in [6.07, 6.45) is 2.01. The van der Waals surface area contributed by atoms with Gasteiger partial charge in [0.05, 0.1) is 6.54 Å². The minimum Gasteiger partial charge on any atom is -0.480 e. The van der Waals surface area contributed by atoms with E-state index >= 15 is 0 Å². The first-order valence-electron chi connectivity index (χ1n) is 9.43. The van der Waals surface area contributed by atoms with Crippen LogP contribution in [0.2, 0.25) is 0 Å². The molecule has 3 amide bonds. The Morgan fingerprint density at radius 2 is 1.93 bits per heavy atom. The quantitative estimate of drug-likeness (QED) is 0.446. The number of urea groups is 1. The molecule has 2 rings (SSSR count). The van der Waals surface area contributed by atoms with Gasteiger partial charge in [0.15, 0.2) is 0 Å². The molecule has 9 heteroatoms. The molecule has 1 saturated carbocycles. The van der Waals surface area contributed by atoms with E-state index in [1.54, 1.807) is 0 Å². The second-order valence-electron chi connectivity index (χ2n) is 6.80. The average Bonchev–Trinajstić information content (AvgIpc) is 2.62. The molecule has 1 aromatic rings. The summed E-state index contributed by atoms with van der Waals surface area (Å²) < 4.78 is 13.1. The van der Waals surface area contributed by atoms with Gasteiger partial charge >= 0.3 is 12.0 Å². The molecular formula is C19H27FN4O4. The van der Waals surface area contributed by atoms with Crippen molar-refractivity contribution in [3.05, 3.63) is 35.6 Å². The first kappa shape index (κ1) is 21.6. The van der Waals surface area contributed by atoms with Crippen LogP contribution < -0.4 is 16.0 Å². The Balaban J connectivity index is 1.55. The summed E-state index contributed by atoms with van der Waals surface area (Å²) in [4.78, 5) is 36.4. The zero-order chi connectivity index (χ0) is 20.5. The van der Waals surface area contributed by atoms with Gasteiger partial charge in [-0.3, -0.25) is 14.5 Å². The van der Waals surface area contributed by atoms with E-state index in [0.717, 1.165) is 12.8 Å².